The lowest BCUT2D eigenvalue weighted by Gasteiger charge is -2.19. The van der Waals surface area contributed by atoms with Crippen LogP contribution in [0, 0.1) is 12.8 Å². The molecular formula is C18H30N2O3. The van der Waals surface area contributed by atoms with E-state index in [1.54, 1.807) is 11.9 Å². The lowest BCUT2D eigenvalue weighted by molar-refractivity contribution is -0.133. The number of rotatable bonds is 6. The van der Waals surface area contributed by atoms with Crippen LogP contribution in [0.1, 0.15) is 38.8 Å². The van der Waals surface area contributed by atoms with Crippen LogP contribution >= 0.6 is 0 Å². The molecule has 1 N–H and O–H groups in total. The van der Waals surface area contributed by atoms with Crippen LogP contribution in [0.3, 0.4) is 0 Å². The van der Waals surface area contributed by atoms with Gasteiger partial charge in [-0.25, -0.2) is 4.79 Å². The third-order valence-electron chi connectivity index (χ3n) is 3.08. The summed E-state index contributed by atoms with van der Waals surface area (Å²) in [6.07, 6.45) is -0.471. The van der Waals surface area contributed by atoms with Crippen molar-refractivity contribution in [3.63, 3.8) is 0 Å². The number of carbonyl (C=O) groups excluding carboxylic acids is 2. The lowest BCUT2D eigenvalue weighted by atomic mass is 10.2. The van der Waals surface area contributed by atoms with Gasteiger partial charge in [-0.05, 0) is 12.5 Å². The average molecular weight is 322 g/mol. The molecule has 1 rings (SSSR count). The largest absolute Gasteiger partial charge is 0.445 e. The first-order valence-corrected chi connectivity index (χ1v) is 8.11. The van der Waals surface area contributed by atoms with Gasteiger partial charge in [-0.15, -0.1) is 0 Å². The fraction of sp³-hybridized carbons (Fsp3) is 0.556. The quantitative estimate of drug-likeness (QED) is 0.873. The third-order valence-corrected chi connectivity index (χ3v) is 3.08. The van der Waals surface area contributed by atoms with E-state index in [-0.39, 0.29) is 18.4 Å². The average Bonchev–Trinajstić information content (AvgIpc) is 2.55. The van der Waals surface area contributed by atoms with Crippen LogP contribution < -0.4 is 5.32 Å². The van der Waals surface area contributed by atoms with Gasteiger partial charge in [0.1, 0.15) is 6.61 Å². The van der Waals surface area contributed by atoms with Gasteiger partial charge in [-0.3, -0.25) is 4.79 Å². The fourth-order valence-corrected chi connectivity index (χ4v) is 1.76. The van der Waals surface area contributed by atoms with Gasteiger partial charge < -0.3 is 15.0 Å². The van der Waals surface area contributed by atoms with E-state index in [1.807, 2.05) is 58.9 Å². The molecule has 23 heavy (non-hydrogen) atoms. The molecule has 1 aromatic rings. The molecule has 0 unspecified atom stereocenters. The second-order valence-electron chi connectivity index (χ2n) is 5.40. The number of alkyl carbamates (subject to hydrolysis) is 1. The normalized spacial score (nSPS) is 9.70. The highest BCUT2D eigenvalue weighted by Crippen LogP contribution is 2.04. The predicted molar refractivity (Wildman–Crippen MR) is 93.2 cm³/mol. The zero-order valence-electron chi connectivity index (χ0n) is 15.2. The predicted octanol–water partition coefficient (Wildman–Crippen LogP) is 3.36. The zero-order chi connectivity index (χ0) is 17.8. The first-order valence-electron chi connectivity index (χ1n) is 8.11. The molecule has 130 valence electrons. The monoisotopic (exact) mass is 322 g/mol. The number of benzene rings is 1. The van der Waals surface area contributed by atoms with Crippen molar-refractivity contribution in [3.05, 3.63) is 35.4 Å². The second kappa shape index (κ2) is 11.5. The summed E-state index contributed by atoms with van der Waals surface area (Å²) in [6.45, 7) is 10.8. The number of hydrogen-bond donors (Lipinski definition) is 1. The van der Waals surface area contributed by atoms with E-state index in [2.05, 4.69) is 5.32 Å². The Morgan fingerprint density at radius 1 is 1.17 bits per heavy atom. The van der Waals surface area contributed by atoms with Crippen LogP contribution in [0.25, 0.3) is 0 Å². The number of nitrogens with one attached hydrogen (secondary N) is 1. The van der Waals surface area contributed by atoms with Crippen molar-refractivity contribution in [2.24, 2.45) is 5.92 Å². The van der Waals surface area contributed by atoms with Crippen molar-refractivity contribution >= 4 is 12.0 Å². The molecule has 5 heteroatoms. The number of nitrogens with zero attached hydrogens (tertiary/aromatic N) is 1. The van der Waals surface area contributed by atoms with Gasteiger partial charge in [0.15, 0.2) is 0 Å². The summed E-state index contributed by atoms with van der Waals surface area (Å²) in [6, 6.07) is 7.81. The zero-order valence-corrected chi connectivity index (χ0v) is 15.2. The number of ether oxygens (including phenoxy) is 1. The van der Waals surface area contributed by atoms with Crippen LogP contribution in [0.2, 0.25) is 0 Å². The van der Waals surface area contributed by atoms with Gasteiger partial charge in [0, 0.05) is 26.1 Å². The molecule has 0 heterocycles. The molecule has 0 atom stereocenters. The Hall–Kier alpha value is -2.04. The van der Waals surface area contributed by atoms with Crippen molar-refractivity contribution in [1.29, 1.82) is 0 Å². The van der Waals surface area contributed by atoms with Gasteiger partial charge in [0.2, 0.25) is 5.91 Å². The van der Waals surface area contributed by atoms with E-state index < -0.39 is 6.09 Å². The summed E-state index contributed by atoms with van der Waals surface area (Å²) < 4.78 is 5.10. The summed E-state index contributed by atoms with van der Waals surface area (Å²) in [7, 11) is 1.72. The van der Waals surface area contributed by atoms with Gasteiger partial charge in [0.25, 0.3) is 0 Å². The maximum absolute atomic E-state index is 11.6. The number of likely N-dealkylation sites (N-methyl/N-ethyl adjacent to an activating group) is 1. The standard InChI is InChI=1S/C16H24N2O3.C2H6/c1-12(2)15(19)18(4)10-9-17-16(20)21-11-14-7-5-13(3)6-8-14;1-2/h5-8,12H,9-11H2,1-4H3,(H,17,20);1-2H3. The summed E-state index contributed by atoms with van der Waals surface area (Å²) in [4.78, 5) is 24.8. The van der Waals surface area contributed by atoms with Crippen LogP contribution in [-0.2, 0) is 16.1 Å². The van der Waals surface area contributed by atoms with E-state index >= 15 is 0 Å². The van der Waals surface area contributed by atoms with E-state index in [1.165, 1.54) is 5.56 Å². The number of hydrogen-bond acceptors (Lipinski definition) is 3. The Kier molecular flexibility index (Phi) is 10.5. The molecule has 0 aliphatic rings. The highest BCUT2D eigenvalue weighted by Gasteiger charge is 2.12. The Balaban J connectivity index is 0.00000232. The van der Waals surface area contributed by atoms with Crippen molar-refractivity contribution in [2.75, 3.05) is 20.1 Å². The van der Waals surface area contributed by atoms with Crippen molar-refractivity contribution in [2.45, 2.75) is 41.2 Å². The van der Waals surface area contributed by atoms with Gasteiger partial charge in [-0.1, -0.05) is 57.5 Å². The maximum Gasteiger partial charge on any atom is 0.407 e. The smallest absolute Gasteiger partial charge is 0.407 e. The highest BCUT2D eigenvalue weighted by atomic mass is 16.5. The number of carbonyl (C=O) groups is 2. The molecule has 2 amide bonds. The minimum Gasteiger partial charge on any atom is -0.445 e. The Labute approximate surface area is 140 Å². The van der Waals surface area contributed by atoms with E-state index in [4.69, 9.17) is 4.74 Å². The summed E-state index contributed by atoms with van der Waals surface area (Å²) in [5, 5.41) is 2.63. The van der Waals surface area contributed by atoms with Crippen molar-refractivity contribution in [1.82, 2.24) is 10.2 Å². The molecule has 0 bridgehead atoms. The Morgan fingerprint density at radius 2 is 1.74 bits per heavy atom. The first kappa shape index (κ1) is 21.0. The van der Waals surface area contributed by atoms with E-state index in [0.717, 1.165) is 5.56 Å². The second-order valence-corrected chi connectivity index (χ2v) is 5.40. The molecule has 0 saturated carbocycles. The molecule has 0 aliphatic heterocycles. The molecule has 1 aromatic carbocycles. The molecule has 0 aromatic heterocycles. The van der Waals surface area contributed by atoms with Crippen LogP contribution in [0.5, 0.6) is 0 Å². The van der Waals surface area contributed by atoms with Crippen molar-refractivity contribution in [3.8, 4) is 0 Å². The Bertz CT molecular complexity index is 470. The minimum atomic E-state index is -0.471. The molecule has 0 radical (unpaired) electrons. The molecular weight excluding hydrogens is 292 g/mol. The molecule has 0 fully saturated rings. The van der Waals surface area contributed by atoms with E-state index in [0.29, 0.717) is 13.1 Å². The van der Waals surface area contributed by atoms with Crippen molar-refractivity contribution < 1.29 is 14.3 Å². The van der Waals surface area contributed by atoms with Gasteiger partial charge in [0.05, 0.1) is 0 Å². The minimum absolute atomic E-state index is 0.0384. The van der Waals surface area contributed by atoms with Crippen LogP contribution in [0.15, 0.2) is 24.3 Å². The molecule has 5 nitrogen and oxygen atoms in total. The topological polar surface area (TPSA) is 58.6 Å². The first-order chi connectivity index (χ1) is 10.9. The molecule has 0 saturated heterocycles. The van der Waals surface area contributed by atoms with Crippen LogP contribution in [-0.4, -0.2) is 37.0 Å². The number of aryl methyl sites for hydroxylation is 1. The maximum atomic E-state index is 11.6. The number of amides is 2. The van der Waals surface area contributed by atoms with Crippen LogP contribution in [0.4, 0.5) is 4.79 Å². The fourth-order valence-electron chi connectivity index (χ4n) is 1.76. The van der Waals surface area contributed by atoms with Gasteiger partial charge >= 0.3 is 6.09 Å². The van der Waals surface area contributed by atoms with E-state index in [9.17, 15) is 9.59 Å². The molecule has 0 spiro atoms. The van der Waals surface area contributed by atoms with Gasteiger partial charge in [-0.2, -0.15) is 0 Å². The summed E-state index contributed by atoms with van der Waals surface area (Å²) in [5.41, 5.74) is 2.11. The SMILES string of the molecule is CC.Cc1ccc(COC(=O)NCCN(C)C(=O)C(C)C)cc1. The Morgan fingerprint density at radius 3 is 2.26 bits per heavy atom. The molecule has 0 aliphatic carbocycles. The summed E-state index contributed by atoms with van der Waals surface area (Å²) >= 11 is 0. The highest BCUT2D eigenvalue weighted by molar-refractivity contribution is 5.77. The lowest BCUT2D eigenvalue weighted by Crippen LogP contribution is -2.38. The third kappa shape index (κ3) is 8.86. The summed E-state index contributed by atoms with van der Waals surface area (Å²) in [5.74, 6) is 0.0216.